The van der Waals surface area contributed by atoms with Crippen LogP contribution in [0.1, 0.15) is 33.1 Å². The van der Waals surface area contributed by atoms with Gasteiger partial charge in [-0.1, -0.05) is 30.3 Å². The van der Waals surface area contributed by atoms with Gasteiger partial charge in [0.25, 0.3) is 0 Å². The minimum Gasteiger partial charge on any atom is -0.493 e. The molecule has 0 saturated heterocycles. The van der Waals surface area contributed by atoms with Crippen LogP contribution in [0.2, 0.25) is 0 Å². The van der Waals surface area contributed by atoms with E-state index in [9.17, 15) is 9.59 Å². The molecular formula is C26H27N3O4. The van der Waals surface area contributed by atoms with E-state index in [1.807, 2.05) is 30.3 Å². The lowest BCUT2D eigenvalue weighted by Gasteiger charge is -2.37. The fourth-order valence-corrected chi connectivity index (χ4v) is 4.30. The van der Waals surface area contributed by atoms with Crippen LogP contribution in [0, 0.1) is 0 Å². The molecular weight excluding hydrogens is 418 g/mol. The summed E-state index contributed by atoms with van der Waals surface area (Å²) in [6, 6.07) is 20.6. The van der Waals surface area contributed by atoms with Crippen molar-refractivity contribution in [2.45, 2.75) is 12.5 Å². The number of rotatable bonds is 7. The van der Waals surface area contributed by atoms with Gasteiger partial charge >= 0.3 is 0 Å². The number of hydrogen-bond acceptors (Lipinski definition) is 5. The van der Waals surface area contributed by atoms with Gasteiger partial charge in [0.1, 0.15) is 0 Å². The fraction of sp³-hybridized carbons (Fsp3) is 0.231. The summed E-state index contributed by atoms with van der Waals surface area (Å²) in [5.41, 5.74) is 9.68. The number of fused-ring (bicyclic) bond motifs is 1. The summed E-state index contributed by atoms with van der Waals surface area (Å²) in [6.07, 6.45) is 0.791. The number of ether oxygens (including phenoxy) is 2. The zero-order valence-corrected chi connectivity index (χ0v) is 18.7. The first-order chi connectivity index (χ1) is 16.0. The summed E-state index contributed by atoms with van der Waals surface area (Å²) in [4.78, 5) is 26.4. The number of nitrogens with two attached hydrogens (primary N) is 1. The van der Waals surface area contributed by atoms with Gasteiger partial charge in [-0.25, -0.2) is 0 Å². The summed E-state index contributed by atoms with van der Waals surface area (Å²) in [5, 5.41) is 2.91. The van der Waals surface area contributed by atoms with E-state index in [-0.39, 0.29) is 18.5 Å². The van der Waals surface area contributed by atoms with E-state index >= 15 is 0 Å². The smallest absolute Gasteiger partial charge is 0.248 e. The number of methoxy groups -OCH3 is 2. The molecule has 0 saturated carbocycles. The summed E-state index contributed by atoms with van der Waals surface area (Å²) in [6.45, 7) is 0.932. The Labute approximate surface area is 193 Å². The molecule has 0 spiro atoms. The van der Waals surface area contributed by atoms with Crippen molar-refractivity contribution in [2.75, 3.05) is 32.6 Å². The van der Waals surface area contributed by atoms with E-state index in [4.69, 9.17) is 15.2 Å². The van der Waals surface area contributed by atoms with Gasteiger partial charge in [0.15, 0.2) is 11.5 Å². The van der Waals surface area contributed by atoms with Gasteiger partial charge < -0.3 is 20.5 Å². The molecule has 2 amide bonds. The number of primary amides is 1. The van der Waals surface area contributed by atoms with Gasteiger partial charge in [-0.05, 0) is 59.5 Å². The normalized spacial score (nSPS) is 15.4. The quantitative estimate of drug-likeness (QED) is 0.581. The van der Waals surface area contributed by atoms with E-state index in [2.05, 4.69) is 22.3 Å². The first-order valence-corrected chi connectivity index (χ1v) is 10.7. The summed E-state index contributed by atoms with van der Waals surface area (Å²) in [5.74, 6) is 0.732. The van der Waals surface area contributed by atoms with E-state index < -0.39 is 5.91 Å². The standard InChI is InChI=1S/C26H27N3O4/c1-32-22-14-19-12-13-29(16-24(30)28-20-10-8-18(9-11-20)26(27)31)25(17-6-4-3-5-7-17)21(19)15-23(22)33-2/h3-11,14-15,25H,12-13,16H2,1-2H3,(H2,27,31)(H,28,30)/t25-/m0/s1. The molecule has 1 heterocycles. The predicted molar refractivity (Wildman–Crippen MR) is 127 cm³/mol. The minimum absolute atomic E-state index is 0.0993. The summed E-state index contributed by atoms with van der Waals surface area (Å²) < 4.78 is 11.0. The molecule has 7 nitrogen and oxygen atoms in total. The SMILES string of the molecule is COc1cc2c(cc1OC)[C@H](c1ccccc1)N(CC(=O)Nc1ccc(C(N)=O)cc1)CC2. The van der Waals surface area contributed by atoms with Crippen molar-refractivity contribution in [1.29, 1.82) is 0 Å². The topological polar surface area (TPSA) is 93.9 Å². The van der Waals surface area contributed by atoms with Crippen LogP contribution in [-0.2, 0) is 11.2 Å². The Balaban J connectivity index is 1.61. The third kappa shape index (κ3) is 4.83. The fourth-order valence-electron chi connectivity index (χ4n) is 4.30. The van der Waals surface area contributed by atoms with Gasteiger partial charge in [-0.3, -0.25) is 14.5 Å². The van der Waals surface area contributed by atoms with Crippen LogP contribution in [0.3, 0.4) is 0 Å². The molecule has 0 bridgehead atoms. The van der Waals surface area contributed by atoms with Gasteiger partial charge in [-0.15, -0.1) is 0 Å². The number of amides is 2. The Morgan fingerprint density at radius 1 is 1.00 bits per heavy atom. The Hall–Kier alpha value is -3.84. The third-order valence-corrected chi connectivity index (χ3v) is 5.89. The van der Waals surface area contributed by atoms with Crippen molar-refractivity contribution in [3.63, 3.8) is 0 Å². The van der Waals surface area contributed by atoms with Crippen molar-refractivity contribution < 1.29 is 19.1 Å². The second-order valence-electron chi connectivity index (χ2n) is 7.93. The summed E-state index contributed by atoms with van der Waals surface area (Å²) in [7, 11) is 3.26. The largest absolute Gasteiger partial charge is 0.493 e. The number of carbonyl (C=O) groups is 2. The number of nitrogens with zero attached hydrogens (tertiary/aromatic N) is 1. The maximum Gasteiger partial charge on any atom is 0.248 e. The number of benzene rings is 3. The monoisotopic (exact) mass is 445 g/mol. The Morgan fingerprint density at radius 3 is 2.30 bits per heavy atom. The molecule has 0 unspecified atom stereocenters. The molecule has 0 aromatic heterocycles. The molecule has 0 aliphatic carbocycles. The molecule has 0 fully saturated rings. The van der Waals surface area contributed by atoms with Crippen molar-refractivity contribution in [3.8, 4) is 11.5 Å². The molecule has 170 valence electrons. The molecule has 0 radical (unpaired) electrons. The van der Waals surface area contributed by atoms with Crippen molar-refractivity contribution >= 4 is 17.5 Å². The van der Waals surface area contributed by atoms with Crippen LogP contribution in [0.4, 0.5) is 5.69 Å². The summed E-state index contributed by atoms with van der Waals surface area (Å²) >= 11 is 0. The van der Waals surface area contributed by atoms with E-state index in [1.165, 1.54) is 5.56 Å². The van der Waals surface area contributed by atoms with E-state index in [1.54, 1.807) is 38.5 Å². The van der Waals surface area contributed by atoms with Crippen LogP contribution >= 0.6 is 0 Å². The van der Waals surface area contributed by atoms with Crippen molar-refractivity contribution in [2.24, 2.45) is 5.73 Å². The molecule has 3 N–H and O–H groups in total. The Bertz CT molecular complexity index is 1150. The molecule has 33 heavy (non-hydrogen) atoms. The molecule has 7 heteroatoms. The van der Waals surface area contributed by atoms with Gasteiger partial charge in [0.05, 0.1) is 26.8 Å². The van der Waals surface area contributed by atoms with Crippen LogP contribution in [0.15, 0.2) is 66.7 Å². The van der Waals surface area contributed by atoms with Gasteiger partial charge in [0.2, 0.25) is 11.8 Å². The lowest BCUT2D eigenvalue weighted by atomic mass is 9.87. The lowest BCUT2D eigenvalue weighted by Crippen LogP contribution is -2.41. The number of carbonyl (C=O) groups excluding carboxylic acids is 2. The first-order valence-electron chi connectivity index (χ1n) is 10.7. The van der Waals surface area contributed by atoms with Crippen LogP contribution in [0.5, 0.6) is 11.5 Å². The van der Waals surface area contributed by atoms with Crippen LogP contribution in [-0.4, -0.2) is 44.0 Å². The maximum atomic E-state index is 12.9. The maximum absolute atomic E-state index is 12.9. The molecule has 1 atom stereocenters. The van der Waals surface area contributed by atoms with Gasteiger partial charge in [0, 0.05) is 17.8 Å². The molecule has 4 rings (SSSR count). The van der Waals surface area contributed by atoms with E-state index in [0.717, 1.165) is 24.1 Å². The minimum atomic E-state index is -0.502. The average Bonchev–Trinajstić information content (AvgIpc) is 2.83. The lowest BCUT2D eigenvalue weighted by molar-refractivity contribution is -0.117. The Kier molecular flexibility index (Phi) is 6.60. The molecule has 3 aromatic rings. The van der Waals surface area contributed by atoms with Crippen LogP contribution < -0.4 is 20.5 Å². The highest BCUT2D eigenvalue weighted by molar-refractivity contribution is 5.95. The zero-order valence-electron chi connectivity index (χ0n) is 18.7. The highest BCUT2D eigenvalue weighted by Crippen LogP contribution is 2.40. The molecule has 1 aliphatic rings. The predicted octanol–water partition coefficient (Wildman–Crippen LogP) is 3.39. The van der Waals surface area contributed by atoms with E-state index in [0.29, 0.717) is 22.7 Å². The zero-order chi connectivity index (χ0) is 23.4. The number of hydrogen-bond donors (Lipinski definition) is 2. The highest BCUT2D eigenvalue weighted by Gasteiger charge is 2.31. The second-order valence-corrected chi connectivity index (χ2v) is 7.93. The van der Waals surface area contributed by atoms with Crippen LogP contribution in [0.25, 0.3) is 0 Å². The number of anilines is 1. The van der Waals surface area contributed by atoms with Crippen molar-refractivity contribution in [1.82, 2.24) is 4.90 Å². The highest BCUT2D eigenvalue weighted by atomic mass is 16.5. The third-order valence-electron chi connectivity index (χ3n) is 5.89. The van der Waals surface area contributed by atoms with Gasteiger partial charge in [-0.2, -0.15) is 0 Å². The average molecular weight is 446 g/mol. The second kappa shape index (κ2) is 9.75. The Morgan fingerprint density at radius 2 is 1.67 bits per heavy atom. The first kappa shape index (κ1) is 22.4. The molecule has 3 aromatic carbocycles. The van der Waals surface area contributed by atoms with Crippen molar-refractivity contribution in [3.05, 3.63) is 89.0 Å². The molecule has 1 aliphatic heterocycles. The number of nitrogens with one attached hydrogen (secondary N) is 1.